The third-order valence-electron chi connectivity index (χ3n) is 1.37. The molecule has 0 unspecified atom stereocenters. The number of carbonyl (C=O) groups excluding carboxylic acids is 1. The minimum atomic E-state index is -2.63. The Bertz CT molecular complexity index is 245. The maximum Gasteiger partial charge on any atom is 0.357 e. The fourth-order valence-corrected chi connectivity index (χ4v) is 0.817. The molecule has 0 aliphatic rings. The molecule has 0 atom stereocenters. The van der Waals surface area contributed by atoms with E-state index in [9.17, 15) is 19.5 Å². The molecule has 14 heavy (non-hydrogen) atoms. The Morgan fingerprint density at radius 3 is 1.71 bits per heavy atom. The van der Waals surface area contributed by atoms with E-state index in [1.165, 1.54) is 0 Å². The highest BCUT2D eigenvalue weighted by Gasteiger charge is 2.42. The van der Waals surface area contributed by atoms with E-state index in [1.807, 2.05) is 0 Å². The van der Waals surface area contributed by atoms with E-state index in [1.54, 1.807) is 0 Å². The van der Waals surface area contributed by atoms with Crippen molar-refractivity contribution in [1.29, 1.82) is 0 Å². The number of carbonyl (C=O) groups is 3. The summed E-state index contributed by atoms with van der Waals surface area (Å²) < 4.78 is 0. The second-order valence-electron chi connectivity index (χ2n) is 2.58. The molecule has 0 saturated heterocycles. The second-order valence-corrected chi connectivity index (χ2v) is 2.58. The standard InChI is InChI=1S/C6H9NO7/c7-14-5(12)6(13,1-3(8)9)2-4(10)11/h13H,1-2,7H2,(H,8,9)(H,10,11). The van der Waals surface area contributed by atoms with Gasteiger partial charge in [-0.1, -0.05) is 0 Å². The van der Waals surface area contributed by atoms with E-state index in [0.717, 1.165) is 0 Å². The molecule has 0 fully saturated rings. The van der Waals surface area contributed by atoms with Gasteiger partial charge in [-0.3, -0.25) is 9.59 Å². The Balaban J connectivity index is 4.74. The van der Waals surface area contributed by atoms with Crippen LogP contribution in [0.3, 0.4) is 0 Å². The fraction of sp³-hybridized carbons (Fsp3) is 0.500. The number of rotatable bonds is 5. The van der Waals surface area contributed by atoms with E-state index in [2.05, 4.69) is 10.7 Å². The number of aliphatic hydroxyl groups is 1. The van der Waals surface area contributed by atoms with Crippen molar-refractivity contribution in [2.45, 2.75) is 18.4 Å². The van der Waals surface area contributed by atoms with Gasteiger partial charge in [-0.05, 0) is 0 Å². The van der Waals surface area contributed by atoms with Gasteiger partial charge in [0.15, 0.2) is 5.60 Å². The van der Waals surface area contributed by atoms with Crippen molar-refractivity contribution in [2.24, 2.45) is 5.90 Å². The predicted molar refractivity (Wildman–Crippen MR) is 39.7 cm³/mol. The molecule has 8 heteroatoms. The molecular formula is C6H9NO7. The van der Waals surface area contributed by atoms with Crippen LogP contribution in [0.2, 0.25) is 0 Å². The molecule has 8 nitrogen and oxygen atoms in total. The molecular weight excluding hydrogens is 198 g/mol. The molecule has 0 aromatic rings. The molecule has 0 spiro atoms. The molecule has 80 valence electrons. The lowest BCUT2D eigenvalue weighted by molar-refractivity contribution is -0.175. The first kappa shape index (κ1) is 12.3. The zero-order valence-corrected chi connectivity index (χ0v) is 6.97. The molecule has 0 radical (unpaired) electrons. The lowest BCUT2D eigenvalue weighted by Crippen LogP contribution is -2.45. The normalized spacial score (nSPS) is 10.7. The first-order valence-corrected chi connectivity index (χ1v) is 3.39. The molecule has 0 aliphatic carbocycles. The molecule has 5 N–H and O–H groups in total. The number of hydrogen-bond acceptors (Lipinski definition) is 6. The molecule has 0 aliphatic heterocycles. The first-order valence-electron chi connectivity index (χ1n) is 3.39. The SMILES string of the molecule is NOC(=O)C(O)(CC(=O)O)CC(=O)O. The van der Waals surface area contributed by atoms with E-state index >= 15 is 0 Å². The summed E-state index contributed by atoms with van der Waals surface area (Å²) in [6.45, 7) is 0. The largest absolute Gasteiger partial charge is 0.481 e. The molecule has 0 saturated carbocycles. The van der Waals surface area contributed by atoms with Gasteiger partial charge in [-0.2, -0.15) is 5.90 Å². The van der Waals surface area contributed by atoms with Gasteiger partial charge in [-0.15, -0.1) is 0 Å². The Kier molecular flexibility index (Phi) is 3.99. The van der Waals surface area contributed by atoms with Gasteiger partial charge in [0.2, 0.25) is 0 Å². The van der Waals surface area contributed by atoms with Crippen LogP contribution in [0.15, 0.2) is 0 Å². The van der Waals surface area contributed by atoms with Crippen molar-refractivity contribution >= 4 is 17.9 Å². The van der Waals surface area contributed by atoms with Gasteiger partial charge >= 0.3 is 17.9 Å². The van der Waals surface area contributed by atoms with Gasteiger partial charge in [0.1, 0.15) is 0 Å². The van der Waals surface area contributed by atoms with Crippen molar-refractivity contribution in [3.63, 3.8) is 0 Å². The molecule has 0 aromatic heterocycles. The zero-order chi connectivity index (χ0) is 11.4. The molecule has 0 amide bonds. The number of nitrogens with two attached hydrogens (primary N) is 1. The van der Waals surface area contributed by atoms with E-state index in [4.69, 9.17) is 10.2 Å². The summed E-state index contributed by atoms with van der Waals surface area (Å²) in [5.74, 6) is -0.169. The van der Waals surface area contributed by atoms with Gasteiger partial charge in [0.05, 0.1) is 12.8 Å². The van der Waals surface area contributed by atoms with E-state index in [-0.39, 0.29) is 0 Å². The van der Waals surface area contributed by atoms with Crippen LogP contribution in [0.1, 0.15) is 12.8 Å². The third kappa shape index (κ3) is 3.37. The van der Waals surface area contributed by atoms with E-state index < -0.39 is 36.4 Å². The minimum Gasteiger partial charge on any atom is -0.481 e. The summed E-state index contributed by atoms with van der Waals surface area (Å²) in [5, 5.41) is 25.9. The second kappa shape index (κ2) is 4.53. The van der Waals surface area contributed by atoms with Crippen molar-refractivity contribution < 1.29 is 34.5 Å². The van der Waals surface area contributed by atoms with Crippen molar-refractivity contribution in [2.75, 3.05) is 0 Å². The average Bonchev–Trinajstić information content (AvgIpc) is 1.99. The summed E-state index contributed by atoms with van der Waals surface area (Å²) in [6.07, 6.45) is -2.18. The Hall–Kier alpha value is -1.67. The van der Waals surface area contributed by atoms with Crippen LogP contribution in [0.25, 0.3) is 0 Å². The van der Waals surface area contributed by atoms with Crippen LogP contribution in [0.5, 0.6) is 0 Å². The Morgan fingerprint density at radius 2 is 1.50 bits per heavy atom. The summed E-state index contributed by atoms with van der Waals surface area (Å²) >= 11 is 0. The van der Waals surface area contributed by atoms with Crippen LogP contribution < -0.4 is 5.90 Å². The minimum absolute atomic E-state index is 1.09. The highest BCUT2D eigenvalue weighted by Crippen LogP contribution is 2.17. The van der Waals surface area contributed by atoms with Crippen LogP contribution in [0, 0.1) is 0 Å². The third-order valence-corrected chi connectivity index (χ3v) is 1.37. The summed E-state index contributed by atoms with van der Waals surface area (Å²) in [7, 11) is 0. The van der Waals surface area contributed by atoms with Crippen molar-refractivity contribution in [3.05, 3.63) is 0 Å². The first-order chi connectivity index (χ1) is 6.31. The van der Waals surface area contributed by atoms with Crippen LogP contribution in [0.4, 0.5) is 0 Å². The molecule has 0 heterocycles. The number of carboxylic acid groups (broad SMARTS) is 2. The Morgan fingerprint density at radius 1 is 1.14 bits per heavy atom. The quantitative estimate of drug-likeness (QED) is 0.381. The molecule has 0 rings (SSSR count). The predicted octanol–water partition coefficient (Wildman–Crippen LogP) is -1.92. The number of carboxylic acids is 2. The maximum atomic E-state index is 10.8. The fourth-order valence-electron chi connectivity index (χ4n) is 0.817. The summed E-state index contributed by atoms with van der Waals surface area (Å²) in [6, 6.07) is 0. The van der Waals surface area contributed by atoms with E-state index in [0.29, 0.717) is 0 Å². The van der Waals surface area contributed by atoms with Crippen LogP contribution in [-0.4, -0.2) is 38.8 Å². The highest BCUT2D eigenvalue weighted by atomic mass is 16.7. The molecule has 0 bridgehead atoms. The average molecular weight is 207 g/mol. The van der Waals surface area contributed by atoms with Gasteiger partial charge in [-0.25, -0.2) is 4.79 Å². The van der Waals surface area contributed by atoms with Crippen LogP contribution in [-0.2, 0) is 19.2 Å². The number of aliphatic carboxylic acids is 2. The molecule has 0 aromatic carbocycles. The lowest BCUT2D eigenvalue weighted by atomic mass is 9.96. The topological polar surface area (TPSA) is 147 Å². The number of hydrogen-bond donors (Lipinski definition) is 4. The summed E-state index contributed by atoms with van der Waals surface area (Å²) in [5.41, 5.74) is -2.63. The highest BCUT2D eigenvalue weighted by molar-refractivity contribution is 5.89. The van der Waals surface area contributed by atoms with Gasteiger partial charge < -0.3 is 20.2 Å². The van der Waals surface area contributed by atoms with Crippen molar-refractivity contribution in [3.8, 4) is 0 Å². The van der Waals surface area contributed by atoms with Crippen LogP contribution >= 0.6 is 0 Å². The monoisotopic (exact) mass is 207 g/mol. The zero-order valence-electron chi connectivity index (χ0n) is 6.97. The Labute approximate surface area is 77.8 Å². The van der Waals surface area contributed by atoms with Crippen molar-refractivity contribution in [1.82, 2.24) is 0 Å². The van der Waals surface area contributed by atoms with Gasteiger partial charge in [0, 0.05) is 0 Å². The maximum absolute atomic E-state index is 10.8. The van der Waals surface area contributed by atoms with Gasteiger partial charge in [0.25, 0.3) is 0 Å². The lowest BCUT2D eigenvalue weighted by Gasteiger charge is -2.20. The smallest absolute Gasteiger partial charge is 0.357 e. The summed E-state index contributed by atoms with van der Waals surface area (Å²) in [4.78, 5) is 34.8.